The Morgan fingerprint density at radius 3 is 2.56 bits per heavy atom. The van der Waals surface area contributed by atoms with Gasteiger partial charge in [-0.05, 0) is 38.3 Å². The Hall–Kier alpha value is -3.00. The molecule has 0 radical (unpaired) electrons. The smallest absolute Gasteiger partial charge is 0.262 e. The number of hydrogen-bond acceptors (Lipinski definition) is 7. The number of nitrogen functional groups attached to an aromatic ring is 1. The van der Waals surface area contributed by atoms with Crippen LogP contribution in [-0.2, 0) is 4.74 Å². The lowest BCUT2D eigenvalue weighted by Crippen LogP contribution is -2.37. The molecule has 8 nitrogen and oxygen atoms in total. The number of fused-ring (bicyclic) bond motifs is 1. The minimum absolute atomic E-state index is 0.0693. The quantitative estimate of drug-likeness (QED) is 0.731. The van der Waals surface area contributed by atoms with Crippen molar-refractivity contribution >= 4 is 22.5 Å². The monoisotopic (exact) mass is 366 g/mol. The second-order valence-electron chi connectivity index (χ2n) is 7.74. The van der Waals surface area contributed by atoms with E-state index in [9.17, 15) is 4.79 Å². The summed E-state index contributed by atoms with van der Waals surface area (Å²) in [5.41, 5.74) is 6.67. The van der Waals surface area contributed by atoms with Crippen LogP contribution in [-0.4, -0.2) is 38.3 Å². The van der Waals surface area contributed by atoms with Gasteiger partial charge in [0, 0.05) is 29.7 Å². The van der Waals surface area contributed by atoms with Crippen molar-refractivity contribution in [1.82, 2.24) is 19.5 Å². The molecule has 3 N–H and O–H groups in total. The summed E-state index contributed by atoms with van der Waals surface area (Å²) in [6, 6.07) is 3.89. The van der Waals surface area contributed by atoms with Crippen molar-refractivity contribution in [2.24, 2.45) is 0 Å². The molecule has 3 aromatic rings. The maximum absolute atomic E-state index is 13.1. The Kier molecular flexibility index (Phi) is 4.07. The highest BCUT2D eigenvalue weighted by atomic mass is 16.5. The summed E-state index contributed by atoms with van der Waals surface area (Å²) in [6.07, 6.45) is 5.08. The van der Waals surface area contributed by atoms with Crippen LogP contribution in [0.1, 0.15) is 26.8 Å². The SMILES string of the molecule is CC(C)(C)Nc1nc(-c2cnc(N)nc2)cc2ccn(C3COC3)c(=O)c12. The minimum Gasteiger partial charge on any atom is -0.377 e. The largest absolute Gasteiger partial charge is 0.377 e. The molecule has 0 bridgehead atoms. The number of aromatic nitrogens is 4. The molecule has 1 aliphatic heterocycles. The summed E-state index contributed by atoms with van der Waals surface area (Å²) in [7, 11) is 0. The van der Waals surface area contributed by atoms with E-state index in [0.717, 1.165) is 10.9 Å². The first-order valence-electron chi connectivity index (χ1n) is 8.81. The number of anilines is 2. The fourth-order valence-corrected chi connectivity index (χ4v) is 3.01. The summed E-state index contributed by atoms with van der Waals surface area (Å²) < 4.78 is 6.97. The van der Waals surface area contributed by atoms with E-state index in [1.807, 2.05) is 39.1 Å². The average Bonchev–Trinajstić information content (AvgIpc) is 2.54. The lowest BCUT2D eigenvalue weighted by Gasteiger charge is -2.28. The van der Waals surface area contributed by atoms with Crippen molar-refractivity contribution in [2.45, 2.75) is 32.4 Å². The van der Waals surface area contributed by atoms with Crippen LogP contribution < -0.4 is 16.6 Å². The second kappa shape index (κ2) is 6.31. The molecule has 0 atom stereocenters. The van der Waals surface area contributed by atoms with Gasteiger partial charge in [-0.1, -0.05) is 0 Å². The summed E-state index contributed by atoms with van der Waals surface area (Å²) in [5, 5.41) is 4.75. The van der Waals surface area contributed by atoms with E-state index in [2.05, 4.69) is 15.3 Å². The summed E-state index contributed by atoms with van der Waals surface area (Å²) in [6.45, 7) is 7.20. The molecule has 1 aliphatic rings. The van der Waals surface area contributed by atoms with E-state index >= 15 is 0 Å². The zero-order valence-corrected chi connectivity index (χ0v) is 15.6. The third kappa shape index (κ3) is 3.35. The molecule has 0 amide bonds. The molecular weight excluding hydrogens is 344 g/mol. The highest BCUT2D eigenvalue weighted by molar-refractivity contribution is 5.94. The van der Waals surface area contributed by atoms with Gasteiger partial charge in [0.05, 0.1) is 30.3 Å². The zero-order chi connectivity index (χ0) is 19.2. The summed E-state index contributed by atoms with van der Waals surface area (Å²) >= 11 is 0. The number of nitrogens with zero attached hydrogens (tertiary/aromatic N) is 4. The third-order valence-corrected chi connectivity index (χ3v) is 4.39. The highest BCUT2D eigenvalue weighted by Crippen LogP contribution is 2.28. The first-order valence-corrected chi connectivity index (χ1v) is 8.81. The van der Waals surface area contributed by atoms with Gasteiger partial charge >= 0.3 is 0 Å². The number of hydrogen-bond donors (Lipinski definition) is 2. The number of rotatable bonds is 3. The summed E-state index contributed by atoms with van der Waals surface area (Å²) in [4.78, 5) is 25.9. The van der Waals surface area contributed by atoms with Crippen LogP contribution in [0.4, 0.5) is 11.8 Å². The van der Waals surface area contributed by atoms with Crippen molar-refractivity contribution in [1.29, 1.82) is 0 Å². The van der Waals surface area contributed by atoms with Gasteiger partial charge in [0.1, 0.15) is 5.82 Å². The molecule has 0 spiro atoms. The average molecular weight is 366 g/mol. The third-order valence-electron chi connectivity index (χ3n) is 4.39. The van der Waals surface area contributed by atoms with E-state index in [-0.39, 0.29) is 23.1 Å². The molecule has 27 heavy (non-hydrogen) atoms. The van der Waals surface area contributed by atoms with Crippen LogP contribution in [0.15, 0.2) is 35.5 Å². The standard InChI is InChI=1S/C19H22N6O2/c1-19(2,3)24-16-15-11(4-5-25(17(15)26)13-9-27-10-13)6-14(23-16)12-7-21-18(20)22-8-12/h4-8,13H,9-10H2,1-3H3,(H,23,24)(H2,20,21,22). The Morgan fingerprint density at radius 1 is 1.26 bits per heavy atom. The fraction of sp³-hybridized carbons (Fsp3) is 0.368. The van der Waals surface area contributed by atoms with Crippen LogP contribution in [0.5, 0.6) is 0 Å². The first kappa shape index (κ1) is 17.4. The van der Waals surface area contributed by atoms with Gasteiger partial charge in [0.2, 0.25) is 5.95 Å². The molecule has 1 fully saturated rings. The molecule has 0 saturated carbocycles. The number of nitrogens with two attached hydrogens (primary N) is 1. The summed E-state index contributed by atoms with van der Waals surface area (Å²) in [5.74, 6) is 0.754. The van der Waals surface area contributed by atoms with Gasteiger partial charge in [0.25, 0.3) is 5.56 Å². The molecule has 0 unspecified atom stereocenters. The van der Waals surface area contributed by atoms with Crippen molar-refractivity contribution in [2.75, 3.05) is 24.3 Å². The minimum atomic E-state index is -0.261. The van der Waals surface area contributed by atoms with Crippen molar-refractivity contribution in [3.05, 3.63) is 41.1 Å². The highest BCUT2D eigenvalue weighted by Gasteiger charge is 2.24. The molecule has 1 saturated heterocycles. The molecule has 4 heterocycles. The topological polar surface area (TPSA) is 108 Å². The second-order valence-corrected chi connectivity index (χ2v) is 7.74. The van der Waals surface area contributed by atoms with E-state index < -0.39 is 0 Å². The lowest BCUT2D eigenvalue weighted by molar-refractivity contribution is -0.0246. The van der Waals surface area contributed by atoms with Gasteiger partial charge < -0.3 is 20.4 Å². The van der Waals surface area contributed by atoms with Crippen LogP contribution in [0.25, 0.3) is 22.0 Å². The lowest BCUT2D eigenvalue weighted by atomic mass is 10.1. The predicted molar refractivity (Wildman–Crippen MR) is 105 cm³/mol. The van der Waals surface area contributed by atoms with Gasteiger partial charge in [-0.25, -0.2) is 15.0 Å². The fourth-order valence-electron chi connectivity index (χ4n) is 3.01. The Balaban J connectivity index is 1.93. The van der Waals surface area contributed by atoms with E-state index in [4.69, 9.17) is 15.5 Å². The molecule has 140 valence electrons. The predicted octanol–water partition coefficient (Wildman–Crippen LogP) is 2.22. The van der Waals surface area contributed by atoms with Crippen molar-refractivity contribution in [3.8, 4) is 11.3 Å². The van der Waals surface area contributed by atoms with Crippen LogP contribution >= 0.6 is 0 Å². The molecule has 8 heteroatoms. The Bertz CT molecular complexity index is 1050. The van der Waals surface area contributed by atoms with E-state index in [1.54, 1.807) is 17.0 Å². The van der Waals surface area contributed by atoms with Gasteiger partial charge in [-0.2, -0.15) is 0 Å². The van der Waals surface area contributed by atoms with Gasteiger partial charge in [0.15, 0.2) is 0 Å². The van der Waals surface area contributed by atoms with E-state index in [1.165, 1.54) is 0 Å². The van der Waals surface area contributed by atoms with Crippen LogP contribution in [0.2, 0.25) is 0 Å². The van der Waals surface area contributed by atoms with E-state index in [0.29, 0.717) is 30.1 Å². The maximum atomic E-state index is 13.1. The molecule has 4 rings (SSSR count). The van der Waals surface area contributed by atoms with Gasteiger partial charge in [-0.3, -0.25) is 4.79 Å². The molecule has 0 aromatic carbocycles. The van der Waals surface area contributed by atoms with Crippen LogP contribution in [0.3, 0.4) is 0 Å². The molecule has 3 aromatic heterocycles. The number of pyridine rings is 2. The van der Waals surface area contributed by atoms with Crippen molar-refractivity contribution < 1.29 is 4.74 Å². The number of nitrogens with one attached hydrogen (secondary N) is 1. The number of ether oxygens (including phenoxy) is 1. The molecule has 0 aliphatic carbocycles. The normalized spacial score (nSPS) is 14.9. The molecular formula is C19H22N6O2. The zero-order valence-electron chi connectivity index (χ0n) is 15.6. The maximum Gasteiger partial charge on any atom is 0.262 e. The van der Waals surface area contributed by atoms with Crippen LogP contribution in [0, 0.1) is 0 Å². The Morgan fingerprint density at radius 2 is 1.96 bits per heavy atom. The van der Waals surface area contributed by atoms with Gasteiger partial charge in [-0.15, -0.1) is 0 Å². The first-order chi connectivity index (χ1) is 12.8. The van der Waals surface area contributed by atoms with Crippen molar-refractivity contribution in [3.63, 3.8) is 0 Å². The Labute approximate surface area is 156 Å².